The van der Waals surface area contributed by atoms with Gasteiger partial charge in [-0.3, -0.25) is 4.79 Å². The van der Waals surface area contributed by atoms with Crippen LogP contribution >= 0.6 is 0 Å². The number of aliphatic hydroxyl groups excluding tert-OH is 2. The molecule has 0 atom stereocenters. The van der Waals surface area contributed by atoms with E-state index in [1.54, 1.807) is 24.3 Å². The summed E-state index contributed by atoms with van der Waals surface area (Å²) >= 11 is 0. The van der Waals surface area contributed by atoms with Gasteiger partial charge in [0.1, 0.15) is 36.3 Å². The second-order valence-electron chi connectivity index (χ2n) is 3.99. The predicted molar refractivity (Wildman–Crippen MR) is 72.3 cm³/mol. The van der Waals surface area contributed by atoms with E-state index < -0.39 is 0 Å². The first-order valence-corrected chi connectivity index (χ1v) is 6.00. The van der Waals surface area contributed by atoms with Gasteiger partial charge in [-0.15, -0.1) is 0 Å². The summed E-state index contributed by atoms with van der Waals surface area (Å²) in [7, 11) is 0. The van der Waals surface area contributed by atoms with Gasteiger partial charge in [0.15, 0.2) is 5.78 Å². The third kappa shape index (κ3) is 3.81. The second-order valence-corrected chi connectivity index (χ2v) is 3.99. The second kappa shape index (κ2) is 6.70. The molecule has 0 fully saturated rings. The molecule has 0 aliphatic rings. The van der Waals surface area contributed by atoms with Crippen LogP contribution < -0.4 is 0 Å². The third-order valence-corrected chi connectivity index (χ3v) is 2.50. The lowest BCUT2D eigenvalue weighted by atomic mass is 10.3. The minimum atomic E-state index is -0.228. The lowest BCUT2D eigenvalue weighted by Crippen LogP contribution is -1.84. The molecule has 2 aromatic heterocycles. The minimum absolute atomic E-state index is 0.173. The first kappa shape index (κ1) is 14.0. The maximum absolute atomic E-state index is 11.6. The van der Waals surface area contributed by atoms with Crippen LogP contribution in [0, 0.1) is 0 Å². The number of hydrogen-bond donors (Lipinski definition) is 2. The molecular weight excluding hydrogens is 260 g/mol. The fourth-order valence-electron chi connectivity index (χ4n) is 1.52. The van der Waals surface area contributed by atoms with Crippen molar-refractivity contribution in [2.24, 2.45) is 0 Å². The first-order chi connectivity index (χ1) is 9.71. The Morgan fingerprint density at radius 1 is 0.900 bits per heavy atom. The van der Waals surface area contributed by atoms with Gasteiger partial charge in [-0.1, -0.05) is 0 Å². The lowest BCUT2D eigenvalue weighted by Gasteiger charge is -1.88. The van der Waals surface area contributed by atoms with Gasteiger partial charge in [0.2, 0.25) is 0 Å². The highest BCUT2D eigenvalue weighted by atomic mass is 16.4. The molecule has 2 N–H and O–H groups in total. The summed E-state index contributed by atoms with van der Waals surface area (Å²) < 4.78 is 10.4. The molecule has 0 radical (unpaired) electrons. The summed E-state index contributed by atoms with van der Waals surface area (Å²) in [5.74, 6) is 1.65. The third-order valence-electron chi connectivity index (χ3n) is 2.50. The van der Waals surface area contributed by atoms with Crippen LogP contribution in [0.25, 0.3) is 12.2 Å². The van der Waals surface area contributed by atoms with Crippen molar-refractivity contribution < 1.29 is 23.8 Å². The minimum Gasteiger partial charge on any atom is -0.459 e. The number of carbonyl (C=O) groups excluding carboxylic acids is 1. The summed E-state index contributed by atoms with van der Waals surface area (Å²) in [6.07, 6.45) is 5.75. The van der Waals surface area contributed by atoms with Gasteiger partial charge < -0.3 is 19.0 Å². The van der Waals surface area contributed by atoms with Crippen molar-refractivity contribution >= 4 is 17.9 Å². The van der Waals surface area contributed by atoms with Crippen LogP contribution in [-0.2, 0) is 18.0 Å². The summed E-state index contributed by atoms with van der Waals surface area (Å²) in [6.45, 7) is -0.346. The van der Waals surface area contributed by atoms with E-state index in [0.717, 1.165) is 0 Å². The molecular formula is C15H14O5. The van der Waals surface area contributed by atoms with Crippen molar-refractivity contribution in [3.05, 3.63) is 59.5 Å². The SMILES string of the molecule is O=C(/C=C/c1ccc(CO)o1)/C=C/c1ccc(CO)o1. The number of ketones is 1. The van der Waals surface area contributed by atoms with Gasteiger partial charge in [0, 0.05) is 0 Å². The summed E-state index contributed by atoms with van der Waals surface area (Å²) in [6, 6.07) is 6.61. The van der Waals surface area contributed by atoms with Gasteiger partial charge in [0.25, 0.3) is 0 Å². The smallest absolute Gasteiger partial charge is 0.178 e. The summed E-state index contributed by atoms with van der Waals surface area (Å²) in [5, 5.41) is 17.7. The Morgan fingerprint density at radius 3 is 1.70 bits per heavy atom. The first-order valence-electron chi connectivity index (χ1n) is 6.00. The molecule has 5 nitrogen and oxygen atoms in total. The Labute approximate surface area is 115 Å². The monoisotopic (exact) mass is 274 g/mol. The largest absolute Gasteiger partial charge is 0.459 e. The average molecular weight is 274 g/mol. The number of hydrogen-bond acceptors (Lipinski definition) is 5. The van der Waals surface area contributed by atoms with E-state index in [9.17, 15) is 4.79 Å². The molecule has 0 aromatic carbocycles. The van der Waals surface area contributed by atoms with Crippen molar-refractivity contribution in [3.8, 4) is 0 Å². The van der Waals surface area contributed by atoms with Crippen LogP contribution in [-0.4, -0.2) is 16.0 Å². The standard InChI is InChI=1S/C15H14O5/c16-9-14-7-5-12(19-14)3-1-11(18)2-4-13-6-8-15(10-17)20-13/h1-8,16-17H,9-10H2/b3-1+,4-2+. The fraction of sp³-hybridized carbons (Fsp3) is 0.133. The van der Waals surface area contributed by atoms with E-state index in [0.29, 0.717) is 23.0 Å². The van der Waals surface area contributed by atoms with Crippen molar-refractivity contribution in [2.75, 3.05) is 0 Å². The molecule has 2 aromatic rings. The van der Waals surface area contributed by atoms with Gasteiger partial charge in [-0.2, -0.15) is 0 Å². The Balaban J connectivity index is 1.94. The molecule has 0 unspecified atom stereocenters. The lowest BCUT2D eigenvalue weighted by molar-refractivity contribution is -0.110. The topological polar surface area (TPSA) is 83.8 Å². The van der Waals surface area contributed by atoms with Crippen LogP contribution in [0.1, 0.15) is 23.0 Å². The zero-order chi connectivity index (χ0) is 14.4. The van der Waals surface area contributed by atoms with Crippen LogP contribution in [0.15, 0.2) is 45.3 Å². The van der Waals surface area contributed by atoms with E-state index in [4.69, 9.17) is 19.0 Å². The quantitative estimate of drug-likeness (QED) is 0.788. The summed E-state index contributed by atoms with van der Waals surface area (Å²) in [5.41, 5.74) is 0. The van der Waals surface area contributed by atoms with E-state index in [1.807, 2.05) is 0 Å². The fourth-order valence-corrected chi connectivity index (χ4v) is 1.52. The number of furan rings is 2. The van der Waals surface area contributed by atoms with Gasteiger partial charge in [-0.25, -0.2) is 0 Å². The maximum atomic E-state index is 11.6. The number of rotatable bonds is 6. The van der Waals surface area contributed by atoms with Crippen molar-refractivity contribution in [2.45, 2.75) is 13.2 Å². The van der Waals surface area contributed by atoms with E-state index in [-0.39, 0.29) is 19.0 Å². The van der Waals surface area contributed by atoms with E-state index in [1.165, 1.54) is 24.3 Å². The van der Waals surface area contributed by atoms with Crippen LogP contribution in [0.2, 0.25) is 0 Å². The molecule has 2 rings (SSSR count). The zero-order valence-electron chi connectivity index (χ0n) is 10.7. The van der Waals surface area contributed by atoms with Crippen molar-refractivity contribution in [1.29, 1.82) is 0 Å². The molecule has 0 bridgehead atoms. The van der Waals surface area contributed by atoms with Crippen LogP contribution in [0.3, 0.4) is 0 Å². The highest BCUT2D eigenvalue weighted by Gasteiger charge is 1.99. The molecule has 0 saturated carbocycles. The molecule has 5 heteroatoms. The normalized spacial score (nSPS) is 11.7. The molecule has 0 saturated heterocycles. The number of carbonyl (C=O) groups is 1. The molecule has 20 heavy (non-hydrogen) atoms. The predicted octanol–water partition coefficient (Wildman–Crippen LogP) is 2.15. The van der Waals surface area contributed by atoms with Crippen LogP contribution in [0.5, 0.6) is 0 Å². The number of aliphatic hydroxyl groups is 2. The van der Waals surface area contributed by atoms with E-state index >= 15 is 0 Å². The highest BCUT2D eigenvalue weighted by Crippen LogP contribution is 2.11. The molecule has 0 aliphatic heterocycles. The van der Waals surface area contributed by atoms with Crippen LogP contribution in [0.4, 0.5) is 0 Å². The van der Waals surface area contributed by atoms with Gasteiger partial charge in [-0.05, 0) is 48.6 Å². The Kier molecular flexibility index (Phi) is 4.70. The molecule has 104 valence electrons. The highest BCUT2D eigenvalue weighted by molar-refractivity contribution is 6.04. The van der Waals surface area contributed by atoms with Gasteiger partial charge >= 0.3 is 0 Å². The zero-order valence-corrected chi connectivity index (χ0v) is 10.7. The Morgan fingerprint density at radius 2 is 1.35 bits per heavy atom. The molecule has 0 amide bonds. The van der Waals surface area contributed by atoms with Crippen molar-refractivity contribution in [3.63, 3.8) is 0 Å². The average Bonchev–Trinajstić information content (AvgIpc) is 3.11. The summed E-state index contributed by atoms with van der Waals surface area (Å²) in [4.78, 5) is 11.6. The number of allylic oxidation sites excluding steroid dienone is 2. The van der Waals surface area contributed by atoms with E-state index in [2.05, 4.69) is 0 Å². The van der Waals surface area contributed by atoms with Gasteiger partial charge in [0.05, 0.1) is 0 Å². The molecule has 0 aliphatic carbocycles. The van der Waals surface area contributed by atoms with Crippen molar-refractivity contribution in [1.82, 2.24) is 0 Å². The Hall–Kier alpha value is -2.37. The molecule has 0 spiro atoms. The Bertz CT molecular complexity index is 576. The maximum Gasteiger partial charge on any atom is 0.178 e. The molecule has 2 heterocycles.